The first-order chi connectivity index (χ1) is 13.5. The Morgan fingerprint density at radius 2 is 2.21 bits per heavy atom. The Morgan fingerprint density at radius 3 is 2.96 bits per heavy atom. The van der Waals surface area contributed by atoms with Crippen LogP contribution in [0.2, 0.25) is 0 Å². The van der Waals surface area contributed by atoms with Gasteiger partial charge in [0.1, 0.15) is 5.82 Å². The highest BCUT2D eigenvalue weighted by Gasteiger charge is 2.32. The van der Waals surface area contributed by atoms with Crippen LogP contribution in [0.5, 0.6) is 0 Å². The van der Waals surface area contributed by atoms with Gasteiger partial charge in [-0.1, -0.05) is 23.9 Å². The maximum atomic E-state index is 14.0. The molecule has 0 saturated carbocycles. The van der Waals surface area contributed by atoms with Crippen molar-refractivity contribution in [2.24, 2.45) is 4.99 Å². The SMILES string of the molecule is O=C(O)CC1CCn2c1c(SC=Nc1ccccc1S)c1c(Br)cc(F)cc12. The van der Waals surface area contributed by atoms with Crippen molar-refractivity contribution in [3.63, 3.8) is 0 Å². The number of benzene rings is 2. The molecule has 0 amide bonds. The number of thiol groups is 1. The minimum Gasteiger partial charge on any atom is -0.481 e. The fourth-order valence-corrected chi connectivity index (χ4v) is 5.66. The van der Waals surface area contributed by atoms with Crippen LogP contribution in [0.15, 0.2) is 55.7 Å². The van der Waals surface area contributed by atoms with E-state index in [9.17, 15) is 14.3 Å². The van der Waals surface area contributed by atoms with Crippen LogP contribution in [-0.4, -0.2) is 21.2 Å². The number of thioether (sulfide) groups is 1. The van der Waals surface area contributed by atoms with E-state index in [4.69, 9.17) is 0 Å². The molecule has 1 aliphatic rings. The van der Waals surface area contributed by atoms with Crippen molar-refractivity contribution in [2.75, 3.05) is 0 Å². The normalized spacial score (nSPS) is 16.2. The Labute approximate surface area is 179 Å². The zero-order valence-corrected chi connectivity index (χ0v) is 17.9. The van der Waals surface area contributed by atoms with Gasteiger partial charge in [0.05, 0.1) is 23.2 Å². The number of aliphatic carboxylic acids is 1. The number of aromatic nitrogens is 1. The number of para-hydroxylation sites is 1. The Morgan fingerprint density at radius 1 is 1.43 bits per heavy atom. The van der Waals surface area contributed by atoms with Gasteiger partial charge in [0.15, 0.2) is 0 Å². The van der Waals surface area contributed by atoms with Crippen LogP contribution in [0.4, 0.5) is 10.1 Å². The molecule has 0 fully saturated rings. The van der Waals surface area contributed by atoms with Crippen molar-refractivity contribution in [1.82, 2.24) is 4.57 Å². The van der Waals surface area contributed by atoms with Crippen LogP contribution in [0, 0.1) is 5.82 Å². The number of halogens is 2. The quantitative estimate of drug-likeness (QED) is 0.197. The number of hydrogen-bond acceptors (Lipinski definition) is 4. The van der Waals surface area contributed by atoms with E-state index in [1.54, 1.807) is 5.55 Å². The lowest BCUT2D eigenvalue weighted by molar-refractivity contribution is -0.137. The number of nitrogens with zero attached hydrogens (tertiary/aromatic N) is 2. The fraction of sp³-hybridized carbons (Fsp3) is 0.200. The van der Waals surface area contributed by atoms with Crippen molar-refractivity contribution in [3.05, 3.63) is 52.4 Å². The van der Waals surface area contributed by atoms with Gasteiger partial charge >= 0.3 is 5.97 Å². The molecule has 1 N–H and O–H groups in total. The number of aryl methyl sites for hydroxylation is 1. The van der Waals surface area contributed by atoms with Crippen molar-refractivity contribution >= 4 is 68.4 Å². The van der Waals surface area contributed by atoms with E-state index in [2.05, 4.69) is 33.6 Å². The maximum Gasteiger partial charge on any atom is 0.304 e. The van der Waals surface area contributed by atoms with E-state index >= 15 is 0 Å². The molecule has 1 atom stereocenters. The summed E-state index contributed by atoms with van der Waals surface area (Å²) in [5.74, 6) is -1.26. The summed E-state index contributed by atoms with van der Waals surface area (Å²) in [6.45, 7) is 0.677. The number of carboxylic acid groups (broad SMARTS) is 1. The number of hydrogen-bond donors (Lipinski definition) is 2. The number of fused-ring (bicyclic) bond motifs is 3. The summed E-state index contributed by atoms with van der Waals surface area (Å²) in [6.07, 6.45) is 0.788. The van der Waals surface area contributed by atoms with Gasteiger partial charge in [0.2, 0.25) is 0 Å². The average Bonchev–Trinajstić information content (AvgIpc) is 3.16. The smallest absolute Gasteiger partial charge is 0.304 e. The van der Waals surface area contributed by atoms with Gasteiger partial charge < -0.3 is 9.67 Å². The van der Waals surface area contributed by atoms with Crippen LogP contribution in [-0.2, 0) is 11.3 Å². The molecule has 144 valence electrons. The molecule has 8 heteroatoms. The summed E-state index contributed by atoms with van der Waals surface area (Å²) in [5.41, 5.74) is 4.21. The van der Waals surface area contributed by atoms with Crippen molar-refractivity contribution in [2.45, 2.75) is 35.1 Å². The molecular formula is C20H16BrFN2O2S2. The first-order valence-electron chi connectivity index (χ1n) is 8.66. The molecule has 4 rings (SSSR count). The zero-order valence-electron chi connectivity index (χ0n) is 14.6. The second-order valence-corrected chi connectivity index (χ2v) is 8.76. The topological polar surface area (TPSA) is 54.6 Å². The summed E-state index contributed by atoms with van der Waals surface area (Å²) in [7, 11) is 0. The Kier molecular flexibility index (Phi) is 5.53. The molecule has 1 unspecified atom stereocenters. The lowest BCUT2D eigenvalue weighted by Crippen LogP contribution is -2.04. The molecule has 1 aliphatic heterocycles. The summed E-state index contributed by atoms with van der Waals surface area (Å²) in [4.78, 5) is 17.5. The first kappa shape index (κ1) is 19.5. The molecule has 0 aliphatic carbocycles. The van der Waals surface area contributed by atoms with Crippen LogP contribution in [0.1, 0.15) is 24.5 Å². The third-order valence-corrected chi connectivity index (χ3v) is 6.69. The van der Waals surface area contributed by atoms with Gasteiger partial charge in [0, 0.05) is 37.8 Å². The summed E-state index contributed by atoms with van der Waals surface area (Å²) >= 11 is 9.31. The molecule has 1 aromatic heterocycles. The van der Waals surface area contributed by atoms with Crippen LogP contribution in [0.3, 0.4) is 0 Å². The van der Waals surface area contributed by atoms with E-state index in [0.717, 1.165) is 38.5 Å². The number of carbonyl (C=O) groups is 1. The van der Waals surface area contributed by atoms with Gasteiger partial charge in [-0.15, -0.1) is 12.6 Å². The zero-order chi connectivity index (χ0) is 19.8. The summed E-state index contributed by atoms with van der Waals surface area (Å²) in [6, 6.07) is 10.5. The molecule has 2 heterocycles. The first-order valence-corrected chi connectivity index (χ1v) is 10.8. The van der Waals surface area contributed by atoms with Gasteiger partial charge in [-0.2, -0.15) is 0 Å². The third kappa shape index (κ3) is 3.60. The maximum absolute atomic E-state index is 14.0. The highest BCUT2D eigenvalue weighted by Crippen LogP contribution is 2.46. The van der Waals surface area contributed by atoms with Crippen LogP contribution < -0.4 is 0 Å². The predicted octanol–water partition coefficient (Wildman–Crippen LogP) is 6.25. The van der Waals surface area contributed by atoms with Crippen molar-refractivity contribution in [3.8, 4) is 0 Å². The largest absolute Gasteiger partial charge is 0.481 e. The van der Waals surface area contributed by atoms with Crippen molar-refractivity contribution < 1.29 is 14.3 Å². The third-order valence-electron chi connectivity index (χ3n) is 4.83. The average molecular weight is 479 g/mol. The molecule has 4 nitrogen and oxygen atoms in total. The lowest BCUT2D eigenvalue weighted by Gasteiger charge is -2.09. The van der Waals surface area contributed by atoms with Crippen molar-refractivity contribution in [1.29, 1.82) is 0 Å². The minimum atomic E-state index is -0.831. The highest BCUT2D eigenvalue weighted by molar-refractivity contribution is 9.10. The summed E-state index contributed by atoms with van der Waals surface area (Å²) in [5, 5.41) is 10.2. The van der Waals surface area contributed by atoms with Gasteiger partial charge in [-0.3, -0.25) is 4.79 Å². The van der Waals surface area contributed by atoms with E-state index in [1.165, 1.54) is 23.9 Å². The van der Waals surface area contributed by atoms with E-state index in [0.29, 0.717) is 11.0 Å². The molecule has 28 heavy (non-hydrogen) atoms. The predicted molar refractivity (Wildman–Crippen MR) is 117 cm³/mol. The molecule has 3 aromatic rings. The van der Waals surface area contributed by atoms with Crippen LogP contribution in [0.25, 0.3) is 10.9 Å². The molecule has 0 spiro atoms. The minimum absolute atomic E-state index is 0.0562. The Balaban J connectivity index is 1.80. The number of aliphatic imine (C=N–C) groups is 1. The van der Waals surface area contributed by atoms with Gasteiger partial charge in [-0.05, 0) is 46.6 Å². The second kappa shape index (κ2) is 7.93. The van der Waals surface area contributed by atoms with Gasteiger partial charge in [0.25, 0.3) is 0 Å². The Hall–Kier alpha value is -1.77. The standard InChI is InChI=1S/C20H16BrFN2O2S2/c21-13-8-12(22)9-15-18(13)20(19-11(7-17(25)26)5-6-24(15)19)28-10-23-14-3-1-2-4-16(14)27/h1-4,8-11,27H,5-7H2,(H,25,26). The fourth-order valence-electron chi connectivity index (χ4n) is 3.68. The molecule has 0 radical (unpaired) electrons. The molecule has 0 saturated heterocycles. The second-order valence-electron chi connectivity index (χ2n) is 6.57. The van der Waals surface area contributed by atoms with E-state index < -0.39 is 5.97 Å². The van der Waals surface area contributed by atoms with Crippen LogP contribution >= 0.6 is 40.3 Å². The number of carboxylic acids is 1. The summed E-state index contributed by atoms with van der Waals surface area (Å²) < 4.78 is 16.7. The highest BCUT2D eigenvalue weighted by atomic mass is 79.9. The van der Waals surface area contributed by atoms with E-state index in [1.807, 2.05) is 28.8 Å². The Bertz CT molecular complexity index is 1110. The lowest BCUT2D eigenvalue weighted by atomic mass is 10.0. The molecule has 2 aromatic carbocycles. The van der Waals surface area contributed by atoms with Gasteiger partial charge in [-0.25, -0.2) is 9.38 Å². The molecular weight excluding hydrogens is 463 g/mol. The number of rotatable bonds is 5. The van der Waals surface area contributed by atoms with E-state index in [-0.39, 0.29) is 18.2 Å². The molecule has 0 bridgehead atoms. The monoisotopic (exact) mass is 478 g/mol.